The lowest BCUT2D eigenvalue weighted by Crippen LogP contribution is -2.50. The normalized spacial score (nSPS) is 12.5. The maximum atomic E-state index is 11.0. The predicted octanol–water partition coefficient (Wildman–Crippen LogP) is 0.537. The van der Waals surface area contributed by atoms with Crippen LogP contribution in [-0.4, -0.2) is 73.4 Å². The smallest absolute Gasteiger partial charge is 0.501 e. The molecule has 0 aliphatic heterocycles. The van der Waals surface area contributed by atoms with Gasteiger partial charge in [0.1, 0.15) is 0 Å². The summed E-state index contributed by atoms with van der Waals surface area (Å²) >= 11 is 0. The summed E-state index contributed by atoms with van der Waals surface area (Å²) in [5.41, 5.74) is 0. The van der Waals surface area contributed by atoms with Gasteiger partial charge in [-0.3, -0.25) is 4.79 Å². The van der Waals surface area contributed by atoms with Gasteiger partial charge in [-0.15, -0.1) is 0 Å². The zero-order valence-electron chi connectivity index (χ0n) is 20.7. The third kappa shape index (κ3) is 16.8. The molecular formula is C20H40O11Si2-2. The molecule has 0 rings (SSSR count). The molecule has 0 aliphatic rings. The van der Waals surface area contributed by atoms with Gasteiger partial charge < -0.3 is 47.0 Å². The van der Waals surface area contributed by atoms with Crippen molar-refractivity contribution in [2.24, 2.45) is 5.92 Å². The molecule has 1 N–H and O–H groups in total. The molecule has 33 heavy (non-hydrogen) atoms. The van der Waals surface area contributed by atoms with E-state index >= 15 is 0 Å². The van der Waals surface area contributed by atoms with Crippen molar-refractivity contribution < 1.29 is 51.8 Å². The van der Waals surface area contributed by atoms with Crippen molar-refractivity contribution >= 4 is 35.3 Å². The fourth-order valence-corrected chi connectivity index (χ4v) is 8.31. The standard InChI is InChI=1S/C11H22O7Si.C9H20O4Si/c1-4-16-19(17-5-2,18-6-3)8-9(11(14)15)7-10(12)13;1-4-12-14(3,13-5-2)8-6-7-9(10)11/h9H,4-8H2,1-3H3,(H,12,13)(H,14,15);4-8H2,1-3H3,(H,10,11)/p-2. The monoisotopic (exact) mass is 512 g/mol. The zero-order chi connectivity index (χ0) is 25.9. The van der Waals surface area contributed by atoms with Crippen LogP contribution in [0.15, 0.2) is 0 Å². The van der Waals surface area contributed by atoms with E-state index < -0.39 is 47.6 Å². The maximum absolute atomic E-state index is 11.0. The molecule has 0 radical (unpaired) electrons. The van der Waals surface area contributed by atoms with Crippen LogP contribution < -0.4 is 10.2 Å². The van der Waals surface area contributed by atoms with Crippen LogP contribution in [0.4, 0.5) is 0 Å². The lowest BCUT2D eigenvalue weighted by molar-refractivity contribution is -0.320. The molecule has 1 atom stereocenters. The zero-order valence-corrected chi connectivity index (χ0v) is 22.7. The molecule has 13 heteroatoms. The summed E-state index contributed by atoms with van der Waals surface area (Å²) in [6.07, 6.45) is 0.186. The van der Waals surface area contributed by atoms with Crippen molar-refractivity contribution in [3.63, 3.8) is 0 Å². The van der Waals surface area contributed by atoms with Crippen LogP contribution in [-0.2, 0) is 36.5 Å². The van der Waals surface area contributed by atoms with Crippen molar-refractivity contribution in [3.05, 3.63) is 0 Å². The van der Waals surface area contributed by atoms with Crippen molar-refractivity contribution in [2.75, 3.05) is 33.0 Å². The Balaban J connectivity index is 0. The molecule has 0 amide bonds. The van der Waals surface area contributed by atoms with E-state index in [1.165, 1.54) is 0 Å². The van der Waals surface area contributed by atoms with E-state index in [9.17, 15) is 24.6 Å². The molecule has 196 valence electrons. The fourth-order valence-electron chi connectivity index (χ4n) is 3.06. The Kier molecular flexibility index (Phi) is 19.5. The van der Waals surface area contributed by atoms with Gasteiger partial charge in [0.25, 0.3) is 0 Å². The Hall–Kier alpha value is -1.36. The minimum absolute atomic E-state index is 0.140. The van der Waals surface area contributed by atoms with Gasteiger partial charge in [0, 0.05) is 63.4 Å². The highest BCUT2D eigenvalue weighted by molar-refractivity contribution is 6.66. The molecular weight excluding hydrogens is 472 g/mol. The van der Waals surface area contributed by atoms with Crippen molar-refractivity contribution in [1.29, 1.82) is 0 Å². The first-order valence-electron chi connectivity index (χ1n) is 11.3. The molecule has 0 bridgehead atoms. The van der Waals surface area contributed by atoms with E-state index in [1.807, 2.05) is 20.4 Å². The summed E-state index contributed by atoms with van der Waals surface area (Å²) in [6.45, 7) is 13.2. The number of carboxylic acids is 3. The van der Waals surface area contributed by atoms with E-state index in [-0.39, 0.29) is 32.3 Å². The molecule has 0 aromatic rings. The molecule has 0 heterocycles. The highest BCUT2D eigenvalue weighted by Gasteiger charge is 2.43. The minimum atomic E-state index is -3.20. The van der Waals surface area contributed by atoms with Crippen molar-refractivity contribution in [3.8, 4) is 0 Å². The maximum Gasteiger partial charge on any atom is 0.501 e. The fraction of sp³-hybridized carbons (Fsp3) is 0.850. The Morgan fingerprint density at radius 1 is 0.818 bits per heavy atom. The second-order valence-electron chi connectivity index (χ2n) is 7.03. The topological polar surface area (TPSA) is 164 Å². The molecule has 0 spiro atoms. The summed E-state index contributed by atoms with van der Waals surface area (Å²) < 4.78 is 27.5. The van der Waals surface area contributed by atoms with E-state index in [4.69, 9.17) is 27.2 Å². The van der Waals surface area contributed by atoms with Gasteiger partial charge in [-0.2, -0.15) is 0 Å². The molecule has 0 aromatic heterocycles. The number of carbonyl (C=O) groups excluding carboxylic acids is 2. The average Bonchev–Trinajstić information content (AvgIpc) is 2.68. The van der Waals surface area contributed by atoms with Crippen molar-refractivity contribution in [1.82, 2.24) is 0 Å². The second kappa shape index (κ2) is 19.0. The van der Waals surface area contributed by atoms with Crippen molar-refractivity contribution in [2.45, 2.75) is 72.5 Å². The first kappa shape index (κ1) is 33.8. The summed E-state index contributed by atoms with van der Waals surface area (Å²) in [7, 11) is -5.28. The van der Waals surface area contributed by atoms with Gasteiger partial charge in [0.2, 0.25) is 0 Å². The molecule has 1 unspecified atom stereocenters. The van der Waals surface area contributed by atoms with Crippen LogP contribution in [0.2, 0.25) is 18.6 Å². The number of carboxylic acid groups (broad SMARTS) is 3. The van der Waals surface area contributed by atoms with Crippen LogP contribution in [0.5, 0.6) is 0 Å². The molecule has 0 fully saturated rings. The number of hydrogen-bond acceptors (Lipinski definition) is 10. The largest absolute Gasteiger partial charge is 0.550 e. The van der Waals surface area contributed by atoms with Crippen LogP contribution in [0.25, 0.3) is 0 Å². The van der Waals surface area contributed by atoms with Crippen LogP contribution in [0, 0.1) is 5.92 Å². The molecule has 11 nitrogen and oxygen atoms in total. The SMILES string of the molecule is CCO[Si](C)(CCCC(=O)O)OCC.CCO[Si](CC(CC(=O)[O-])C(=O)[O-])(OCC)OCC. The Labute approximate surface area is 198 Å². The average molecular weight is 513 g/mol. The highest BCUT2D eigenvalue weighted by atomic mass is 28.4. The van der Waals surface area contributed by atoms with Gasteiger partial charge in [0.15, 0.2) is 0 Å². The van der Waals surface area contributed by atoms with Crippen LogP contribution in [0.1, 0.15) is 53.9 Å². The van der Waals surface area contributed by atoms with Crippen LogP contribution in [0.3, 0.4) is 0 Å². The molecule has 0 saturated heterocycles. The molecule has 0 saturated carbocycles. The van der Waals surface area contributed by atoms with E-state index in [0.717, 1.165) is 6.04 Å². The van der Waals surface area contributed by atoms with Gasteiger partial charge >= 0.3 is 23.3 Å². The third-order valence-electron chi connectivity index (χ3n) is 4.26. The molecule has 0 aliphatic carbocycles. The Morgan fingerprint density at radius 2 is 1.24 bits per heavy atom. The lowest BCUT2D eigenvalue weighted by atomic mass is 10.1. The van der Waals surface area contributed by atoms with Gasteiger partial charge in [0.05, 0.1) is 0 Å². The third-order valence-corrected chi connectivity index (χ3v) is 10.5. The number of carbonyl (C=O) groups is 3. The predicted molar refractivity (Wildman–Crippen MR) is 120 cm³/mol. The van der Waals surface area contributed by atoms with Gasteiger partial charge in [-0.25, -0.2) is 0 Å². The first-order valence-corrected chi connectivity index (χ1v) is 15.7. The quantitative estimate of drug-likeness (QED) is 0.240. The second-order valence-corrected chi connectivity index (χ2v) is 13.0. The summed E-state index contributed by atoms with van der Waals surface area (Å²) in [5, 5.41) is 30.0. The number of rotatable bonds is 19. The van der Waals surface area contributed by atoms with Crippen LogP contribution >= 0.6 is 0 Å². The van der Waals surface area contributed by atoms with Gasteiger partial charge in [-0.1, -0.05) is 0 Å². The molecule has 0 aromatic carbocycles. The minimum Gasteiger partial charge on any atom is -0.550 e. The summed E-state index contributed by atoms with van der Waals surface area (Å²) in [4.78, 5) is 31.9. The lowest BCUT2D eigenvalue weighted by Gasteiger charge is -2.32. The summed E-state index contributed by atoms with van der Waals surface area (Å²) in [5.74, 6) is -4.93. The number of aliphatic carboxylic acids is 3. The summed E-state index contributed by atoms with van der Waals surface area (Å²) in [6, 6.07) is 0.611. The first-order chi connectivity index (χ1) is 15.4. The van der Waals surface area contributed by atoms with E-state index in [2.05, 4.69) is 0 Å². The number of hydrogen-bond donors (Lipinski definition) is 1. The Morgan fingerprint density at radius 3 is 1.55 bits per heavy atom. The van der Waals surface area contributed by atoms with Gasteiger partial charge in [-0.05, 0) is 60.1 Å². The highest BCUT2D eigenvalue weighted by Crippen LogP contribution is 2.23. The van der Waals surface area contributed by atoms with E-state index in [1.54, 1.807) is 20.8 Å². The Bertz CT molecular complexity index is 537. The van der Waals surface area contributed by atoms with E-state index in [0.29, 0.717) is 19.6 Å².